The fourth-order valence-corrected chi connectivity index (χ4v) is 3.01. The largest absolute Gasteiger partial charge is 0.394 e. The quantitative estimate of drug-likeness (QED) is 0.688. The van der Waals surface area contributed by atoms with Gasteiger partial charge in [0.25, 0.3) is 5.56 Å². The molecule has 0 unspecified atom stereocenters. The first-order valence-corrected chi connectivity index (χ1v) is 8.45. The number of halogens is 1. The summed E-state index contributed by atoms with van der Waals surface area (Å²) in [4.78, 5) is 12.9. The number of rotatable bonds is 2. The second-order valence-corrected chi connectivity index (χ2v) is 6.49. The van der Waals surface area contributed by atoms with Crippen LogP contribution in [0.2, 0.25) is 5.02 Å². The van der Waals surface area contributed by atoms with Crippen molar-refractivity contribution in [1.82, 2.24) is 14.3 Å². The second kappa shape index (κ2) is 7.03. The lowest BCUT2D eigenvalue weighted by Gasteiger charge is -2.16. The molecule has 0 saturated heterocycles. The van der Waals surface area contributed by atoms with Crippen molar-refractivity contribution < 1.29 is 0 Å². The first kappa shape index (κ1) is 18.9. The van der Waals surface area contributed by atoms with E-state index >= 15 is 0 Å². The molecule has 3 rings (SSSR count). The van der Waals surface area contributed by atoms with Crippen molar-refractivity contribution in [1.29, 1.82) is 15.9 Å². The number of hydrogen-bond donors (Lipinski definition) is 2. The van der Waals surface area contributed by atoms with Crippen LogP contribution in [0.4, 0.5) is 5.69 Å². The molecule has 9 heteroatoms. The topological polar surface area (TPSA) is 137 Å². The van der Waals surface area contributed by atoms with Crippen LogP contribution in [0, 0.1) is 41.9 Å². The maximum absolute atomic E-state index is 12.9. The van der Waals surface area contributed by atoms with E-state index in [2.05, 4.69) is 5.10 Å². The van der Waals surface area contributed by atoms with E-state index in [0.29, 0.717) is 22.0 Å². The van der Waals surface area contributed by atoms with E-state index in [-0.39, 0.29) is 28.1 Å². The van der Waals surface area contributed by atoms with Crippen LogP contribution in [0.15, 0.2) is 35.1 Å². The van der Waals surface area contributed by atoms with Crippen LogP contribution in [-0.2, 0) is 0 Å². The monoisotopic (exact) mass is 391 g/mol. The first-order valence-electron chi connectivity index (χ1n) is 8.07. The minimum Gasteiger partial charge on any atom is -0.394 e. The van der Waals surface area contributed by atoms with Gasteiger partial charge in [-0.2, -0.15) is 10.5 Å². The normalized spacial score (nSPS) is 10.3. The second-order valence-electron chi connectivity index (χ2n) is 6.06. The zero-order valence-corrected chi connectivity index (χ0v) is 15.7. The molecule has 138 valence electrons. The Hall–Kier alpha value is -3.88. The van der Waals surface area contributed by atoms with Crippen LogP contribution in [-0.4, -0.2) is 14.3 Å². The van der Waals surface area contributed by atoms with Crippen molar-refractivity contribution in [3.63, 3.8) is 0 Å². The van der Waals surface area contributed by atoms with Crippen LogP contribution in [0.3, 0.4) is 0 Å². The van der Waals surface area contributed by atoms with E-state index in [1.54, 1.807) is 44.2 Å². The molecule has 3 N–H and O–H groups in total. The van der Waals surface area contributed by atoms with Crippen LogP contribution in [0.5, 0.6) is 0 Å². The highest BCUT2D eigenvalue weighted by molar-refractivity contribution is 6.30. The van der Waals surface area contributed by atoms with Crippen LogP contribution < -0.4 is 16.8 Å². The molecule has 0 radical (unpaired) electrons. The lowest BCUT2D eigenvalue weighted by atomic mass is 10.1. The van der Waals surface area contributed by atoms with Gasteiger partial charge in [-0.15, -0.1) is 5.10 Å². The smallest absolute Gasteiger partial charge is 0.274 e. The third-order valence-electron chi connectivity index (χ3n) is 4.25. The number of aromatic nitrogens is 3. The van der Waals surface area contributed by atoms with Crippen molar-refractivity contribution in [2.45, 2.75) is 13.8 Å². The summed E-state index contributed by atoms with van der Waals surface area (Å²) in [6.45, 7) is 3.33. The van der Waals surface area contributed by atoms with Gasteiger partial charge in [-0.3, -0.25) is 14.8 Å². The predicted molar refractivity (Wildman–Crippen MR) is 103 cm³/mol. The number of nitrogens with two attached hydrogens (primary N) is 1. The average molecular weight is 392 g/mol. The molecule has 3 aromatic rings. The molecule has 0 aliphatic rings. The highest BCUT2D eigenvalue weighted by Gasteiger charge is 2.20. The molecule has 0 aliphatic carbocycles. The molecule has 8 nitrogen and oxygen atoms in total. The van der Waals surface area contributed by atoms with Crippen molar-refractivity contribution in [3.05, 3.63) is 73.6 Å². The van der Waals surface area contributed by atoms with Gasteiger partial charge in [-0.05, 0) is 49.7 Å². The summed E-state index contributed by atoms with van der Waals surface area (Å²) in [5.41, 5.74) is 6.45. The van der Waals surface area contributed by atoms with Gasteiger partial charge in [0.2, 0.25) is 0 Å². The summed E-state index contributed by atoms with van der Waals surface area (Å²) in [6.07, 6.45) is 0. The van der Waals surface area contributed by atoms with Crippen LogP contribution >= 0.6 is 11.6 Å². The predicted octanol–water partition coefficient (Wildman–Crippen LogP) is 2.10. The maximum atomic E-state index is 12.9. The molecule has 2 heterocycles. The summed E-state index contributed by atoms with van der Waals surface area (Å²) in [7, 11) is 0. The Balaban J connectivity index is 2.45. The number of benzene rings is 1. The molecule has 0 atom stereocenters. The van der Waals surface area contributed by atoms with Crippen LogP contribution in [0.1, 0.15) is 22.4 Å². The number of anilines is 1. The zero-order chi connectivity index (χ0) is 20.6. The lowest BCUT2D eigenvalue weighted by Crippen LogP contribution is -2.32. The Kier molecular flexibility index (Phi) is 4.74. The summed E-state index contributed by atoms with van der Waals surface area (Å²) >= 11 is 5.91. The average Bonchev–Trinajstić information content (AvgIpc) is 2.65. The lowest BCUT2D eigenvalue weighted by molar-refractivity contribution is 0.732. The Morgan fingerprint density at radius 2 is 1.75 bits per heavy atom. The van der Waals surface area contributed by atoms with E-state index < -0.39 is 5.56 Å². The minimum absolute atomic E-state index is 0.0264. The number of hydrogen-bond acceptors (Lipinski definition) is 6. The number of aryl methyl sites for hydroxylation is 2. The molecular formula is C19H14ClN7O. The fraction of sp³-hybridized carbons (Fsp3) is 0.105. The third kappa shape index (κ3) is 2.92. The Labute approximate surface area is 164 Å². The van der Waals surface area contributed by atoms with E-state index in [0.717, 1.165) is 0 Å². The highest BCUT2D eigenvalue weighted by atomic mass is 35.5. The molecule has 0 spiro atoms. The molecule has 1 aromatic carbocycles. The summed E-state index contributed by atoms with van der Waals surface area (Å²) in [6, 6.07) is 11.9. The van der Waals surface area contributed by atoms with Gasteiger partial charge >= 0.3 is 0 Å². The SMILES string of the molecule is Cc1cc(C)n(-c2nn(-c3ccc(Cl)cc3)c(=N)c(C#N)c2N)c(=O)c1C#N. The highest BCUT2D eigenvalue weighted by Crippen LogP contribution is 2.19. The van der Waals surface area contributed by atoms with Gasteiger partial charge in [0.15, 0.2) is 11.3 Å². The molecule has 28 heavy (non-hydrogen) atoms. The fourth-order valence-electron chi connectivity index (χ4n) is 2.88. The number of pyridine rings is 1. The molecule has 0 fully saturated rings. The van der Waals surface area contributed by atoms with Crippen molar-refractivity contribution in [3.8, 4) is 23.6 Å². The number of nitrogens with one attached hydrogen (secondary N) is 1. The van der Waals surface area contributed by atoms with Gasteiger partial charge in [0, 0.05) is 10.7 Å². The first-order chi connectivity index (χ1) is 13.3. The van der Waals surface area contributed by atoms with E-state index in [9.17, 15) is 15.3 Å². The number of nitriles is 2. The van der Waals surface area contributed by atoms with Gasteiger partial charge < -0.3 is 5.73 Å². The number of nitrogen functional groups attached to an aromatic ring is 1. The van der Waals surface area contributed by atoms with Crippen molar-refractivity contribution in [2.24, 2.45) is 0 Å². The van der Waals surface area contributed by atoms with Gasteiger partial charge in [0.05, 0.1) is 11.4 Å². The summed E-state index contributed by atoms with van der Waals surface area (Å²) in [5, 5.41) is 32.0. The molecular weight excluding hydrogens is 378 g/mol. The Morgan fingerprint density at radius 1 is 1.14 bits per heavy atom. The van der Waals surface area contributed by atoms with Crippen molar-refractivity contribution in [2.75, 3.05) is 5.73 Å². The number of nitrogens with zero attached hydrogens (tertiary/aromatic N) is 5. The third-order valence-corrected chi connectivity index (χ3v) is 4.50. The van der Waals surface area contributed by atoms with E-state index in [4.69, 9.17) is 22.7 Å². The Bertz CT molecular complexity index is 1310. The Morgan fingerprint density at radius 3 is 2.32 bits per heavy atom. The van der Waals surface area contributed by atoms with Gasteiger partial charge in [-0.1, -0.05) is 11.6 Å². The zero-order valence-electron chi connectivity index (χ0n) is 15.0. The minimum atomic E-state index is -0.594. The van der Waals surface area contributed by atoms with Gasteiger partial charge in [0.1, 0.15) is 23.3 Å². The molecule has 2 aromatic heterocycles. The van der Waals surface area contributed by atoms with E-state index in [1.165, 1.54) is 9.25 Å². The van der Waals surface area contributed by atoms with Crippen molar-refractivity contribution >= 4 is 17.3 Å². The molecule has 0 bridgehead atoms. The van der Waals surface area contributed by atoms with Gasteiger partial charge in [-0.25, -0.2) is 4.68 Å². The molecule has 0 saturated carbocycles. The molecule has 0 aliphatic heterocycles. The van der Waals surface area contributed by atoms with Crippen LogP contribution in [0.25, 0.3) is 11.5 Å². The maximum Gasteiger partial charge on any atom is 0.274 e. The van der Waals surface area contributed by atoms with E-state index in [1.807, 2.05) is 12.1 Å². The standard InChI is InChI=1S/C19H14ClN7O/c1-10-7-11(2)26(19(28)14(10)8-21)18-16(23)15(9-22)17(24)27(25-18)13-5-3-12(20)4-6-13/h3-7,24H,23H2,1-2H3. The summed E-state index contributed by atoms with van der Waals surface area (Å²) < 4.78 is 2.37. The summed E-state index contributed by atoms with van der Waals surface area (Å²) in [5.74, 6) is -0.0264. The molecule has 0 amide bonds.